The summed E-state index contributed by atoms with van der Waals surface area (Å²) >= 11 is 1.68. The van der Waals surface area contributed by atoms with Gasteiger partial charge in [-0.05, 0) is 19.9 Å². The predicted molar refractivity (Wildman–Crippen MR) is 84.0 cm³/mol. The van der Waals surface area contributed by atoms with E-state index in [1.165, 1.54) is 5.56 Å². The molecule has 1 N–H and O–H groups in total. The van der Waals surface area contributed by atoms with Crippen molar-refractivity contribution in [3.63, 3.8) is 0 Å². The van der Waals surface area contributed by atoms with Gasteiger partial charge in [-0.15, -0.1) is 11.3 Å². The molecule has 0 saturated heterocycles. The highest BCUT2D eigenvalue weighted by molar-refractivity contribution is 7.09. The summed E-state index contributed by atoms with van der Waals surface area (Å²) in [4.78, 5) is 9.04. The fraction of sp³-hybridized carbons (Fsp3) is 0.250. The van der Waals surface area contributed by atoms with Crippen molar-refractivity contribution in [1.29, 1.82) is 0 Å². The van der Waals surface area contributed by atoms with Crippen LogP contribution in [0.1, 0.15) is 30.5 Å². The van der Waals surface area contributed by atoms with E-state index in [1.807, 2.05) is 23.8 Å². The number of para-hydroxylation sites is 1. The molecule has 3 aromatic rings. The molecule has 3 nitrogen and oxygen atoms in total. The minimum absolute atomic E-state index is 0.0913. The van der Waals surface area contributed by atoms with Gasteiger partial charge < -0.3 is 5.32 Å². The van der Waals surface area contributed by atoms with Gasteiger partial charge in [-0.3, -0.25) is 4.98 Å². The predicted octanol–water partition coefficient (Wildman–Crippen LogP) is 3.78. The zero-order valence-corrected chi connectivity index (χ0v) is 12.4. The lowest BCUT2D eigenvalue weighted by atomic mass is 10.0. The van der Waals surface area contributed by atoms with Crippen molar-refractivity contribution < 1.29 is 0 Å². The molecule has 0 bridgehead atoms. The number of hydrogen-bond donors (Lipinski definition) is 1. The Morgan fingerprint density at radius 1 is 1.05 bits per heavy atom. The summed E-state index contributed by atoms with van der Waals surface area (Å²) in [6.07, 6.45) is 3.70. The normalized spacial score (nSPS) is 12.9. The maximum Gasteiger partial charge on any atom is 0.114 e. The van der Waals surface area contributed by atoms with E-state index in [9.17, 15) is 0 Å². The van der Waals surface area contributed by atoms with E-state index < -0.39 is 0 Å². The molecule has 0 saturated carbocycles. The van der Waals surface area contributed by atoms with E-state index in [0.717, 1.165) is 15.9 Å². The van der Waals surface area contributed by atoms with Gasteiger partial charge in [0.2, 0.25) is 0 Å². The first-order valence-electron chi connectivity index (χ1n) is 6.75. The Balaban J connectivity index is 2.14. The maximum atomic E-state index is 4.56. The molecular formula is C16H17N3S. The molecule has 102 valence electrons. The van der Waals surface area contributed by atoms with Crippen LogP contribution >= 0.6 is 11.3 Å². The van der Waals surface area contributed by atoms with Gasteiger partial charge in [0.25, 0.3) is 0 Å². The molecule has 2 aromatic heterocycles. The third-order valence-electron chi connectivity index (χ3n) is 3.17. The van der Waals surface area contributed by atoms with Gasteiger partial charge >= 0.3 is 0 Å². The zero-order chi connectivity index (χ0) is 13.9. The summed E-state index contributed by atoms with van der Waals surface area (Å²) in [7, 11) is 0. The SMILES string of the molecule is CC(C)NC(c1nccs1)c1cccc2cccnc12. The largest absolute Gasteiger partial charge is 0.302 e. The molecule has 2 heterocycles. The van der Waals surface area contributed by atoms with E-state index in [0.29, 0.717) is 6.04 Å². The van der Waals surface area contributed by atoms with Gasteiger partial charge in [0, 0.05) is 34.8 Å². The third-order valence-corrected chi connectivity index (χ3v) is 4.01. The molecule has 3 rings (SSSR count). The van der Waals surface area contributed by atoms with Crippen LogP contribution in [-0.4, -0.2) is 16.0 Å². The number of thiazole rings is 1. The first-order valence-corrected chi connectivity index (χ1v) is 7.63. The summed E-state index contributed by atoms with van der Waals surface area (Å²) in [5, 5.41) is 7.86. The summed E-state index contributed by atoms with van der Waals surface area (Å²) in [6, 6.07) is 10.9. The van der Waals surface area contributed by atoms with Gasteiger partial charge in [-0.2, -0.15) is 0 Å². The second-order valence-electron chi connectivity index (χ2n) is 5.05. The smallest absolute Gasteiger partial charge is 0.114 e. The molecule has 1 unspecified atom stereocenters. The summed E-state index contributed by atoms with van der Waals surface area (Å²) in [6.45, 7) is 4.30. The molecule has 0 aliphatic rings. The second-order valence-corrected chi connectivity index (χ2v) is 5.97. The highest BCUT2D eigenvalue weighted by Gasteiger charge is 2.20. The zero-order valence-electron chi connectivity index (χ0n) is 11.6. The van der Waals surface area contributed by atoms with Crippen LogP contribution in [0.3, 0.4) is 0 Å². The average Bonchev–Trinajstić information content (AvgIpc) is 2.98. The fourth-order valence-electron chi connectivity index (χ4n) is 2.37. The number of hydrogen-bond acceptors (Lipinski definition) is 4. The van der Waals surface area contributed by atoms with Crippen LogP contribution in [0.15, 0.2) is 48.1 Å². The van der Waals surface area contributed by atoms with E-state index in [-0.39, 0.29) is 6.04 Å². The van der Waals surface area contributed by atoms with Crippen LogP contribution < -0.4 is 5.32 Å². The number of nitrogens with one attached hydrogen (secondary N) is 1. The molecule has 0 radical (unpaired) electrons. The number of pyridine rings is 1. The van der Waals surface area contributed by atoms with Crippen molar-refractivity contribution >= 4 is 22.2 Å². The molecule has 0 aliphatic heterocycles. The van der Waals surface area contributed by atoms with Crippen molar-refractivity contribution in [1.82, 2.24) is 15.3 Å². The van der Waals surface area contributed by atoms with E-state index in [1.54, 1.807) is 11.3 Å². The Kier molecular flexibility index (Phi) is 3.76. The van der Waals surface area contributed by atoms with Crippen LogP contribution in [0.25, 0.3) is 10.9 Å². The van der Waals surface area contributed by atoms with Crippen LogP contribution in [0.5, 0.6) is 0 Å². The first kappa shape index (κ1) is 13.2. The van der Waals surface area contributed by atoms with Crippen LogP contribution in [-0.2, 0) is 0 Å². The summed E-state index contributed by atoms with van der Waals surface area (Å²) < 4.78 is 0. The minimum atomic E-state index is 0.0913. The Morgan fingerprint density at radius 2 is 1.90 bits per heavy atom. The van der Waals surface area contributed by atoms with Crippen molar-refractivity contribution in [3.8, 4) is 0 Å². The van der Waals surface area contributed by atoms with Crippen molar-refractivity contribution in [3.05, 3.63) is 58.7 Å². The lowest BCUT2D eigenvalue weighted by molar-refractivity contribution is 0.529. The van der Waals surface area contributed by atoms with E-state index in [4.69, 9.17) is 0 Å². The average molecular weight is 283 g/mol. The topological polar surface area (TPSA) is 37.8 Å². The molecule has 4 heteroatoms. The quantitative estimate of drug-likeness (QED) is 0.792. The van der Waals surface area contributed by atoms with Crippen LogP contribution in [0.4, 0.5) is 0 Å². The van der Waals surface area contributed by atoms with Gasteiger partial charge in [-0.25, -0.2) is 4.98 Å². The molecule has 0 spiro atoms. The maximum absolute atomic E-state index is 4.56. The van der Waals surface area contributed by atoms with Crippen molar-refractivity contribution in [2.45, 2.75) is 25.9 Å². The Bertz CT molecular complexity index is 687. The van der Waals surface area contributed by atoms with E-state index >= 15 is 0 Å². The number of rotatable bonds is 4. The molecule has 1 atom stereocenters. The highest BCUT2D eigenvalue weighted by atomic mass is 32.1. The van der Waals surface area contributed by atoms with Crippen molar-refractivity contribution in [2.24, 2.45) is 0 Å². The molecular weight excluding hydrogens is 266 g/mol. The van der Waals surface area contributed by atoms with Gasteiger partial charge in [0.05, 0.1) is 11.6 Å². The van der Waals surface area contributed by atoms with Crippen LogP contribution in [0.2, 0.25) is 0 Å². The Morgan fingerprint density at radius 3 is 2.65 bits per heavy atom. The third kappa shape index (κ3) is 2.57. The molecule has 20 heavy (non-hydrogen) atoms. The monoisotopic (exact) mass is 283 g/mol. The second kappa shape index (κ2) is 5.69. The Hall–Kier alpha value is -1.78. The summed E-state index contributed by atoms with van der Waals surface area (Å²) in [5.74, 6) is 0. The highest BCUT2D eigenvalue weighted by Crippen LogP contribution is 2.29. The standard InChI is InChI=1S/C16H17N3S/c1-11(2)19-15(16-18-9-10-20-16)13-7-3-5-12-6-4-8-17-14(12)13/h3-11,15,19H,1-2H3. The van der Waals surface area contributed by atoms with Gasteiger partial charge in [0.1, 0.15) is 5.01 Å². The van der Waals surface area contributed by atoms with Crippen LogP contribution in [0, 0.1) is 0 Å². The summed E-state index contributed by atoms with van der Waals surface area (Å²) in [5.41, 5.74) is 2.23. The van der Waals surface area contributed by atoms with Crippen molar-refractivity contribution in [2.75, 3.05) is 0 Å². The number of aromatic nitrogens is 2. The minimum Gasteiger partial charge on any atom is -0.302 e. The molecule has 0 aliphatic carbocycles. The molecule has 1 aromatic carbocycles. The number of fused-ring (bicyclic) bond motifs is 1. The lowest BCUT2D eigenvalue weighted by Gasteiger charge is -2.20. The molecule has 0 fully saturated rings. The van der Waals surface area contributed by atoms with Gasteiger partial charge in [-0.1, -0.05) is 24.3 Å². The molecule has 0 amide bonds. The Labute approximate surface area is 122 Å². The fourth-order valence-corrected chi connectivity index (χ4v) is 3.08. The number of benzene rings is 1. The number of nitrogens with zero attached hydrogens (tertiary/aromatic N) is 2. The lowest BCUT2D eigenvalue weighted by Crippen LogP contribution is -2.29. The van der Waals surface area contributed by atoms with Gasteiger partial charge in [0.15, 0.2) is 0 Å². The van der Waals surface area contributed by atoms with E-state index in [2.05, 4.69) is 53.4 Å². The first-order chi connectivity index (χ1) is 9.75.